The lowest BCUT2D eigenvalue weighted by molar-refractivity contribution is 0.414. The molecule has 2 aromatic rings. The molecule has 1 heterocycles. The van der Waals surface area contributed by atoms with Crippen LogP contribution in [0.4, 0.5) is 0 Å². The van der Waals surface area contributed by atoms with Crippen LogP contribution >= 0.6 is 15.9 Å². The van der Waals surface area contributed by atoms with E-state index >= 15 is 0 Å². The Hall–Kier alpha value is -1.33. The van der Waals surface area contributed by atoms with Gasteiger partial charge in [0, 0.05) is 22.8 Å². The number of nitrogens with one attached hydrogen (secondary N) is 1. The number of ether oxygens (including phenoxy) is 1. The van der Waals surface area contributed by atoms with Gasteiger partial charge in [-0.25, -0.2) is 0 Å². The average molecular weight is 352 g/mol. The number of halogens is 1. The number of benzene rings is 1. The van der Waals surface area contributed by atoms with Crippen molar-refractivity contribution in [1.82, 2.24) is 15.1 Å². The molecule has 0 radical (unpaired) electrons. The lowest BCUT2D eigenvalue weighted by atomic mass is 10.2. The molecule has 4 nitrogen and oxygen atoms in total. The van der Waals surface area contributed by atoms with Crippen LogP contribution in [-0.4, -0.2) is 23.4 Å². The zero-order valence-corrected chi connectivity index (χ0v) is 14.4. The van der Waals surface area contributed by atoms with Crippen LogP contribution in [0.2, 0.25) is 0 Å². The molecule has 0 aliphatic carbocycles. The fourth-order valence-electron chi connectivity index (χ4n) is 2.19. The monoisotopic (exact) mass is 351 g/mol. The Morgan fingerprint density at radius 2 is 2.14 bits per heavy atom. The summed E-state index contributed by atoms with van der Waals surface area (Å²) in [6.07, 6.45) is 3.26. The van der Waals surface area contributed by atoms with Gasteiger partial charge in [0.15, 0.2) is 0 Å². The Labute approximate surface area is 134 Å². The van der Waals surface area contributed by atoms with E-state index in [2.05, 4.69) is 46.4 Å². The van der Waals surface area contributed by atoms with Gasteiger partial charge >= 0.3 is 0 Å². The van der Waals surface area contributed by atoms with E-state index < -0.39 is 0 Å². The second kappa shape index (κ2) is 7.61. The van der Waals surface area contributed by atoms with E-state index in [4.69, 9.17) is 4.74 Å². The minimum Gasteiger partial charge on any atom is -0.497 e. The van der Waals surface area contributed by atoms with Crippen LogP contribution in [-0.2, 0) is 13.1 Å². The lowest BCUT2D eigenvalue weighted by Gasteiger charge is -2.07. The third kappa shape index (κ3) is 4.32. The largest absolute Gasteiger partial charge is 0.497 e. The molecule has 1 aromatic carbocycles. The highest BCUT2D eigenvalue weighted by molar-refractivity contribution is 9.10. The van der Waals surface area contributed by atoms with Gasteiger partial charge in [0.2, 0.25) is 0 Å². The Kier molecular flexibility index (Phi) is 5.82. The Morgan fingerprint density at radius 1 is 1.33 bits per heavy atom. The maximum Gasteiger partial charge on any atom is 0.119 e. The molecule has 114 valence electrons. The maximum absolute atomic E-state index is 5.28. The summed E-state index contributed by atoms with van der Waals surface area (Å²) in [7, 11) is 1.68. The van der Waals surface area contributed by atoms with E-state index in [1.54, 1.807) is 7.11 Å². The van der Waals surface area contributed by atoms with E-state index in [0.29, 0.717) is 0 Å². The van der Waals surface area contributed by atoms with Crippen molar-refractivity contribution >= 4 is 15.9 Å². The van der Waals surface area contributed by atoms with Crippen LogP contribution in [0.25, 0.3) is 0 Å². The van der Waals surface area contributed by atoms with Crippen LogP contribution in [0.1, 0.15) is 30.2 Å². The number of aromatic nitrogens is 2. The second-order valence-electron chi connectivity index (χ2n) is 5.07. The van der Waals surface area contributed by atoms with E-state index in [1.807, 2.05) is 22.9 Å². The summed E-state index contributed by atoms with van der Waals surface area (Å²) in [5, 5.41) is 8.01. The maximum atomic E-state index is 5.28. The summed E-state index contributed by atoms with van der Waals surface area (Å²) in [6, 6.07) is 5.99. The van der Waals surface area contributed by atoms with Crippen LogP contribution in [0.3, 0.4) is 0 Å². The van der Waals surface area contributed by atoms with Gasteiger partial charge < -0.3 is 10.1 Å². The third-order valence-corrected chi connectivity index (χ3v) is 4.15. The first-order valence-corrected chi connectivity index (χ1v) is 7.99. The number of hydrogen-bond acceptors (Lipinski definition) is 3. The Balaban J connectivity index is 2.11. The molecular formula is C16H22BrN3O. The summed E-state index contributed by atoms with van der Waals surface area (Å²) in [6.45, 7) is 6.86. The van der Waals surface area contributed by atoms with E-state index in [9.17, 15) is 0 Å². The fourth-order valence-corrected chi connectivity index (χ4v) is 2.56. The summed E-state index contributed by atoms with van der Waals surface area (Å²) >= 11 is 3.58. The highest BCUT2D eigenvalue weighted by atomic mass is 79.9. The number of hydrogen-bond donors (Lipinski definition) is 1. The van der Waals surface area contributed by atoms with Gasteiger partial charge in [0.1, 0.15) is 5.75 Å². The number of rotatable bonds is 7. The standard InChI is InChI=1S/C16H22BrN3O/c1-4-7-18-9-14-11-20(19-12(14)2)10-13-8-15(21-3)5-6-16(13)17/h5-6,8,11,18H,4,7,9-10H2,1-3H3. The Morgan fingerprint density at radius 3 is 2.86 bits per heavy atom. The molecule has 2 rings (SSSR count). The third-order valence-electron chi connectivity index (χ3n) is 3.38. The van der Waals surface area contributed by atoms with Crippen molar-refractivity contribution in [2.75, 3.05) is 13.7 Å². The molecule has 0 aliphatic rings. The molecule has 0 bridgehead atoms. The first-order valence-electron chi connectivity index (χ1n) is 7.20. The molecule has 0 saturated carbocycles. The topological polar surface area (TPSA) is 39.1 Å². The van der Waals surface area contributed by atoms with Crippen LogP contribution in [0, 0.1) is 6.92 Å². The van der Waals surface area contributed by atoms with Crippen molar-refractivity contribution in [2.45, 2.75) is 33.4 Å². The van der Waals surface area contributed by atoms with Gasteiger partial charge in [-0.2, -0.15) is 5.10 Å². The highest BCUT2D eigenvalue weighted by Crippen LogP contribution is 2.23. The van der Waals surface area contributed by atoms with Gasteiger partial charge in [-0.1, -0.05) is 22.9 Å². The van der Waals surface area contributed by atoms with Gasteiger partial charge in [-0.05, 0) is 43.7 Å². The molecule has 0 atom stereocenters. The molecule has 21 heavy (non-hydrogen) atoms. The van der Waals surface area contributed by atoms with Gasteiger partial charge in [-0.15, -0.1) is 0 Å². The molecule has 1 N–H and O–H groups in total. The SMILES string of the molecule is CCCNCc1cn(Cc2cc(OC)ccc2Br)nc1C. The summed E-state index contributed by atoms with van der Waals surface area (Å²) < 4.78 is 8.34. The molecular weight excluding hydrogens is 330 g/mol. The zero-order valence-electron chi connectivity index (χ0n) is 12.8. The fraction of sp³-hybridized carbons (Fsp3) is 0.438. The van der Waals surface area contributed by atoms with Crippen molar-refractivity contribution in [3.63, 3.8) is 0 Å². The molecule has 0 unspecified atom stereocenters. The predicted octanol–water partition coefficient (Wildman–Crippen LogP) is 3.51. The van der Waals surface area contributed by atoms with E-state index in [-0.39, 0.29) is 0 Å². The normalized spacial score (nSPS) is 10.9. The van der Waals surface area contributed by atoms with Gasteiger partial charge in [-0.3, -0.25) is 4.68 Å². The van der Waals surface area contributed by atoms with Gasteiger partial charge in [0.25, 0.3) is 0 Å². The number of nitrogens with zero attached hydrogens (tertiary/aromatic N) is 2. The van der Waals surface area contributed by atoms with Crippen molar-refractivity contribution in [3.05, 3.63) is 45.7 Å². The van der Waals surface area contributed by atoms with Crippen molar-refractivity contribution in [1.29, 1.82) is 0 Å². The molecule has 1 aromatic heterocycles. The lowest BCUT2D eigenvalue weighted by Crippen LogP contribution is -2.13. The smallest absolute Gasteiger partial charge is 0.119 e. The van der Waals surface area contributed by atoms with Gasteiger partial charge in [0.05, 0.1) is 19.3 Å². The first kappa shape index (κ1) is 16.0. The molecule has 0 aliphatic heterocycles. The molecule has 0 spiro atoms. The summed E-state index contributed by atoms with van der Waals surface area (Å²) in [4.78, 5) is 0. The predicted molar refractivity (Wildman–Crippen MR) is 88.8 cm³/mol. The van der Waals surface area contributed by atoms with E-state index in [0.717, 1.165) is 47.5 Å². The van der Waals surface area contributed by atoms with Crippen molar-refractivity contribution in [2.24, 2.45) is 0 Å². The Bertz CT molecular complexity index is 595. The van der Waals surface area contributed by atoms with Crippen molar-refractivity contribution < 1.29 is 4.74 Å². The van der Waals surface area contributed by atoms with Crippen LogP contribution in [0.5, 0.6) is 5.75 Å². The van der Waals surface area contributed by atoms with E-state index in [1.165, 1.54) is 5.56 Å². The summed E-state index contributed by atoms with van der Waals surface area (Å²) in [5.74, 6) is 0.863. The first-order chi connectivity index (χ1) is 10.1. The molecule has 5 heteroatoms. The minimum atomic E-state index is 0.729. The second-order valence-corrected chi connectivity index (χ2v) is 5.93. The molecule has 0 amide bonds. The zero-order chi connectivity index (χ0) is 15.2. The molecule has 0 saturated heterocycles. The number of aryl methyl sites for hydroxylation is 1. The van der Waals surface area contributed by atoms with Crippen LogP contribution in [0.15, 0.2) is 28.9 Å². The average Bonchev–Trinajstić information content (AvgIpc) is 2.82. The molecule has 0 fully saturated rings. The van der Waals surface area contributed by atoms with Crippen LogP contribution < -0.4 is 10.1 Å². The highest BCUT2D eigenvalue weighted by Gasteiger charge is 2.08. The minimum absolute atomic E-state index is 0.729. The number of methoxy groups -OCH3 is 1. The summed E-state index contributed by atoms with van der Waals surface area (Å²) in [5.41, 5.74) is 3.49. The van der Waals surface area contributed by atoms with Crippen molar-refractivity contribution in [3.8, 4) is 5.75 Å². The quantitative estimate of drug-likeness (QED) is 0.775.